The summed E-state index contributed by atoms with van der Waals surface area (Å²) in [7, 11) is 1.65. The van der Waals surface area contributed by atoms with Crippen molar-refractivity contribution in [2.45, 2.75) is 57.1 Å². The van der Waals surface area contributed by atoms with Crippen molar-refractivity contribution in [1.29, 1.82) is 0 Å². The highest BCUT2D eigenvalue weighted by Crippen LogP contribution is 2.41. The molecule has 2 heterocycles. The van der Waals surface area contributed by atoms with Crippen molar-refractivity contribution in [1.82, 2.24) is 9.97 Å². The van der Waals surface area contributed by atoms with Crippen LogP contribution in [0.15, 0.2) is 0 Å². The van der Waals surface area contributed by atoms with Crippen molar-refractivity contribution >= 4 is 23.3 Å². The summed E-state index contributed by atoms with van der Waals surface area (Å²) in [6, 6.07) is -0.417. The minimum atomic E-state index is -0.417. The minimum Gasteiger partial charge on any atom is -0.380 e. The Balaban J connectivity index is 2.09. The summed E-state index contributed by atoms with van der Waals surface area (Å²) in [6.07, 6.45) is 3.57. The van der Waals surface area contributed by atoms with Crippen LogP contribution in [0.1, 0.15) is 44.4 Å². The first-order valence-electron chi connectivity index (χ1n) is 7.99. The molecule has 2 N–H and O–H groups in total. The van der Waals surface area contributed by atoms with Crippen LogP contribution in [-0.2, 0) is 21.4 Å². The standard InChI is InChI=1S/C16H23ClN4O2/c1-16(2)6-4-5-10-12(16)19-15(17)20-14(10)21-8-9(23-3)7-11(21)13(18)22/h9,11H,4-8H2,1-3H3,(H2,18,22)/t9-,11-/m0/s1. The summed E-state index contributed by atoms with van der Waals surface area (Å²) in [5.74, 6) is 0.388. The van der Waals surface area contributed by atoms with Gasteiger partial charge in [-0.2, -0.15) is 0 Å². The molecule has 6 nitrogen and oxygen atoms in total. The zero-order valence-electron chi connectivity index (χ0n) is 13.8. The monoisotopic (exact) mass is 338 g/mol. The third-order valence-corrected chi connectivity index (χ3v) is 5.19. The van der Waals surface area contributed by atoms with E-state index in [9.17, 15) is 4.79 Å². The van der Waals surface area contributed by atoms with Gasteiger partial charge < -0.3 is 15.4 Å². The second-order valence-corrected chi connectivity index (χ2v) is 7.38. The van der Waals surface area contributed by atoms with Crippen molar-refractivity contribution in [3.63, 3.8) is 0 Å². The predicted octanol–water partition coefficient (Wildman–Crippen LogP) is 1.82. The molecule has 3 rings (SSSR count). The van der Waals surface area contributed by atoms with Crippen LogP contribution >= 0.6 is 11.6 Å². The fourth-order valence-electron chi connectivity index (χ4n) is 3.77. The van der Waals surface area contributed by atoms with Gasteiger partial charge in [0.2, 0.25) is 11.2 Å². The zero-order chi connectivity index (χ0) is 16.8. The maximum Gasteiger partial charge on any atom is 0.240 e. The van der Waals surface area contributed by atoms with Crippen LogP contribution in [0.3, 0.4) is 0 Å². The van der Waals surface area contributed by atoms with Crippen LogP contribution in [0.5, 0.6) is 0 Å². The number of amides is 1. The zero-order valence-corrected chi connectivity index (χ0v) is 14.6. The maximum absolute atomic E-state index is 11.9. The molecule has 1 aromatic rings. The number of ether oxygens (including phenoxy) is 1. The molecular weight excluding hydrogens is 316 g/mol. The summed E-state index contributed by atoms with van der Waals surface area (Å²) < 4.78 is 5.43. The first-order chi connectivity index (χ1) is 10.8. The summed E-state index contributed by atoms with van der Waals surface area (Å²) in [4.78, 5) is 22.8. The van der Waals surface area contributed by atoms with Crippen LogP contribution in [0.4, 0.5) is 5.82 Å². The van der Waals surface area contributed by atoms with E-state index in [0.717, 1.165) is 36.3 Å². The Morgan fingerprint density at radius 2 is 2.17 bits per heavy atom. The van der Waals surface area contributed by atoms with E-state index in [-0.39, 0.29) is 22.7 Å². The molecule has 1 fully saturated rings. The smallest absolute Gasteiger partial charge is 0.240 e. The molecule has 0 bridgehead atoms. The summed E-state index contributed by atoms with van der Waals surface area (Å²) in [6.45, 7) is 4.93. The van der Waals surface area contributed by atoms with Gasteiger partial charge in [-0.15, -0.1) is 0 Å². The molecule has 7 heteroatoms. The lowest BCUT2D eigenvalue weighted by Gasteiger charge is -2.34. The Hall–Kier alpha value is -1.40. The molecule has 1 saturated heterocycles. The van der Waals surface area contributed by atoms with Crippen LogP contribution in [0.2, 0.25) is 5.28 Å². The van der Waals surface area contributed by atoms with Crippen LogP contribution < -0.4 is 10.6 Å². The Morgan fingerprint density at radius 3 is 2.83 bits per heavy atom. The third-order valence-electron chi connectivity index (χ3n) is 5.02. The van der Waals surface area contributed by atoms with E-state index in [1.807, 2.05) is 4.90 Å². The number of halogens is 1. The Labute approximate surface area is 141 Å². The lowest BCUT2D eigenvalue weighted by atomic mass is 9.76. The number of primary amides is 1. The van der Waals surface area contributed by atoms with Gasteiger partial charge >= 0.3 is 0 Å². The van der Waals surface area contributed by atoms with Crippen molar-refractivity contribution in [3.05, 3.63) is 16.5 Å². The van der Waals surface area contributed by atoms with Crippen molar-refractivity contribution in [2.24, 2.45) is 5.73 Å². The maximum atomic E-state index is 11.9. The summed E-state index contributed by atoms with van der Waals surface area (Å²) in [5, 5.41) is 0.220. The second-order valence-electron chi connectivity index (χ2n) is 7.04. The van der Waals surface area contributed by atoms with Gasteiger partial charge in [0.05, 0.1) is 11.8 Å². The molecule has 1 aliphatic carbocycles. The third kappa shape index (κ3) is 2.90. The van der Waals surface area contributed by atoms with E-state index >= 15 is 0 Å². The molecule has 1 aliphatic heterocycles. The number of nitrogens with two attached hydrogens (primary N) is 1. The predicted molar refractivity (Wildman–Crippen MR) is 88.7 cm³/mol. The molecule has 1 amide bonds. The number of carbonyl (C=O) groups is 1. The number of fused-ring (bicyclic) bond motifs is 1. The first-order valence-corrected chi connectivity index (χ1v) is 8.37. The molecule has 1 aromatic heterocycles. The number of methoxy groups -OCH3 is 1. The SMILES string of the molecule is CO[C@H]1C[C@@H](C(N)=O)N(c2nc(Cl)nc3c2CCCC3(C)C)C1. The largest absolute Gasteiger partial charge is 0.380 e. The average molecular weight is 339 g/mol. The molecule has 0 saturated carbocycles. The summed E-state index contributed by atoms with van der Waals surface area (Å²) in [5.41, 5.74) is 7.63. The first kappa shape index (κ1) is 16.5. The van der Waals surface area contributed by atoms with E-state index < -0.39 is 6.04 Å². The number of hydrogen-bond donors (Lipinski definition) is 1. The van der Waals surface area contributed by atoms with Crippen LogP contribution in [0.25, 0.3) is 0 Å². The second kappa shape index (κ2) is 5.91. The molecule has 23 heavy (non-hydrogen) atoms. The topological polar surface area (TPSA) is 81.3 Å². The normalized spacial score (nSPS) is 26.2. The molecule has 0 aromatic carbocycles. The lowest BCUT2D eigenvalue weighted by Crippen LogP contribution is -2.42. The van der Waals surface area contributed by atoms with Gasteiger partial charge in [-0.3, -0.25) is 4.79 Å². The van der Waals surface area contributed by atoms with Crippen molar-refractivity contribution < 1.29 is 9.53 Å². The highest BCUT2D eigenvalue weighted by molar-refractivity contribution is 6.28. The average Bonchev–Trinajstić information content (AvgIpc) is 2.91. The van der Waals surface area contributed by atoms with Gasteiger partial charge in [0.1, 0.15) is 11.9 Å². The molecular formula is C16H23ClN4O2. The number of rotatable bonds is 3. The summed E-state index contributed by atoms with van der Waals surface area (Å²) >= 11 is 6.19. The van der Waals surface area contributed by atoms with E-state index in [0.29, 0.717) is 13.0 Å². The van der Waals surface area contributed by atoms with E-state index in [4.69, 9.17) is 22.1 Å². The molecule has 2 atom stereocenters. The van der Waals surface area contributed by atoms with Crippen molar-refractivity contribution in [3.8, 4) is 0 Å². The molecule has 0 spiro atoms. The van der Waals surface area contributed by atoms with Gasteiger partial charge in [-0.25, -0.2) is 9.97 Å². The molecule has 0 unspecified atom stereocenters. The number of carbonyl (C=O) groups excluding carboxylic acids is 1. The fourth-order valence-corrected chi connectivity index (χ4v) is 3.94. The highest BCUT2D eigenvalue weighted by atomic mass is 35.5. The van der Waals surface area contributed by atoms with E-state index in [2.05, 4.69) is 23.8 Å². The number of hydrogen-bond acceptors (Lipinski definition) is 5. The quantitative estimate of drug-likeness (QED) is 0.850. The minimum absolute atomic E-state index is 0.0338. The number of nitrogens with zero attached hydrogens (tertiary/aromatic N) is 3. The highest BCUT2D eigenvalue weighted by Gasteiger charge is 2.40. The molecule has 2 aliphatic rings. The van der Waals surface area contributed by atoms with Gasteiger partial charge in [0, 0.05) is 31.1 Å². The fraction of sp³-hybridized carbons (Fsp3) is 0.688. The number of anilines is 1. The van der Waals surface area contributed by atoms with E-state index in [1.165, 1.54) is 0 Å². The van der Waals surface area contributed by atoms with Gasteiger partial charge in [0.15, 0.2) is 0 Å². The van der Waals surface area contributed by atoms with Crippen LogP contribution in [0, 0.1) is 0 Å². The molecule has 126 valence electrons. The van der Waals surface area contributed by atoms with Gasteiger partial charge in [-0.1, -0.05) is 13.8 Å². The lowest BCUT2D eigenvalue weighted by molar-refractivity contribution is -0.119. The van der Waals surface area contributed by atoms with E-state index in [1.54, 1.807) is 7.11 Å². The van der Waals surface area contributed by atoms with Gasteiger partial charge in [0.25, 0.3) is 0 Å². The number of aromatic nitrogens is 2. The van der Waals surface area contributed by atoms with Gasteiger partial charge in [-0.05, 0) is 30.9 Å². The van der Waals surface area contributed by atoms with Crippen LogP contribution in [-0.4, -0.2) is 41.7 Å². The Morgan fingerprint density at radius 1 is 1.43 bits per heavy atom. The Bertz CT molecular complexity index is 635. The van der Waals surface area contributed by atoms with Crippen molar-refractivity contribution in [2.75, 3.05) is 18.6 Å². The molecule has 0 radical (unpaired) electrons. The Kier molecular flexibility index (Phi) is 4.23.